The molecule has 0 heterocycles. The van der Waals surface area contributed by atoms with Crippen LogP contribution in [0.5, 0.6) is 0 Å². The summed E-state index contributed by atoms with van der Waals surface area (Å²) in [5, 5.41) is 0. The molecule has 3 heteroatoms. The zero-order chi connectivity index (χ0) is 8.31. The van der Waals surface area contributed by atoms with E-state index in [-0.39, 0.29) is 11.6 Å². The number of carbonyl (C=O) groups excluding carboxylic acids is 2. The highest BCUT2D eigenvalue weighted by Gasteiger charge is 2.20. The van der Waals surface area contributed by atoms with Gasteiger partial charge in [-0.25, -0.2) is 0 Å². The largest absolute Gasteiger partial charge is 0.298 e. The normalized spacial score (nSPS) is 10.6. The van der Waals surface area contributed by atoms with Gasteiger partial charge in [-0.3, -0.25) is 14.5 Å². The lowest BCUT2D eigenvalue weighted by atomic mass is 10.1. The SMILES string of the molecule is CC(=O)C(C(C)=O)N(C)C. The van der Waals surface area contributed by atoms with Crippen molar-refractivity contribution in [1.82, 2.24) is 4.90 Å². The van der Waals surface area contributed by atoms with Crippen LogP contribution < -0.4 is 0 Å². The molecule has 0 bridgehead atoms. The maximum atomic E-state index is 10.8. The maximum absolute atomic E-state index is 10.8. The lowest BCUT2D eigenvalue weighted by Crippen LogP contribution is -2.39. The summed E-state index contributed by atoms with van der Waals surface area (Å²) in [6.45, 7) is 2.85. The van der Waals surface area contributed by atoms with Gasteiger partial charge in [-0.15, -0.1) is 0 Å². The first-order valence-corrected chi connectivity index (χ1v) is 3.14. The topological polar surface area (TPSA) is 37.4 Å². The molecule has 0 rings (SSSR count). The summed E-state index contributed by atoms with van der Waals surface area (Å²) in [5.41, 5.74) is 0. The van der Waals surface area contributed by atoms with E-state index in [1.807, 2.05) is 0 Å². The van der Waals surface area contributed by atoms with Crippen LogP contribution in [0.15, 0.2) is 0 Å². The fourth-order valence-electron chi connectivity index (χ4n) is 1.01. The Bertz CT molecular complexity index is 138. The van der Waals surface area contributed by atoms with Gasteiger partial charge in [-0.2, -0.15) is 0 Å². The van der Waals surface area contributed by atoms with Crippen LogP contribution in [0.1, 0.15) is 13.8 Å². The smallest absolute Gasteiger partial charge is 0.154 e. The van der Waals surface area contributed by atoms with Gasteiger partial charge in [0.15, 0.2) is 11.6 Å². The van der Waals surface area contributed by atoms with Gasteiger partial charge in [0.1, 0.15) is 6.04 Å². The molecule has 0 amide bonds. The zero-order valence-corrected chi connectivity index (χ0v) is 6.84. The summed E-state index contributed by atoms with van der Waals surface area (Å²) < 4.78 is 0. The van der Waals surface area contributed by atoms with Gasteiger partial charge in [-0.1, -0.05) is 0 Å². The Morgan fingerprint density at radius 1 is 1.10 bits per heavy atom. The summed E-state index contributed by atoms with van der Waals surface area (Å²) in [7, 11) is 3.43. The van der Waals surface area contributed by atoms with Gasteiger partial charge in [0, 0.05) is 0 Å². The van der Waals surface area contributed by atoms with Crippen LogP contribution in [0, 0.1) is 0 Å². The standard InChI is InChI=1S/C7H13NO2/c1-5(9)7(6(2)10)8(3)4/h7H,1-4H3. The molecule has 0 aromatic rings. The number of likely N-dealkylation sites (N-methyl/N-ethyl adjacent to an activating group) is 1. The Morgan fingerprint density at radius 3 is 1.40 bits per heavy atom. The Labute approximate surface area is 61.0 Å². The summed E-state index contributed by atoms with van der Waals surface area (Å²) in [6, 6.07) is -0.556. The quantitative estimate of drug-likeness (QED) is 0.526. The van der Waals surface area contributed by atoms with Gasteiger partial charge in [0.25, 0.3) is 0 Å². The molecule has 0 N–H and O–H groups in total. The first kappa shape index (κ1) is 9.30. The monoisotopic (exact) mass is 143 g/mol. The van der Waals surface area contributed by atoms with Crippen molar-refractivity contribution in [1.29, 1.82) is 0 Å². The lowest BCUT2D eigenvalue weighted by molar-refractivity contribution is -0.130. The van der Waals surface area contributed by atoms with E-state index in [0.717, 1.165) is 0 Å². The molecule has 0 aliphatic heterocycles. The molecule has 0 saturated carbocycles. The number of hydrogen-bond donors (Lipinski definition) is 0. The van der Waals surface area contributed by atoms with Crippen LogP contribution in [0.4, 0.5) is 0 Å². The predicted octanol–water partition coefficient (Wildman–Crippen LogP) is 0.0946. The highest BCUT2D eigenvalue weighted by atomic mass is 16.2. The molecule has 0 aliphatic carbocycles. The molecule has 0 unspecified atom stereocenters. The van der Waals surface area contributed by atoms with Gasteiger partial charge < -0.3 is 0 Å². The van der Waals surface area contributed by atoms with Crippen LogP contribution in [-0.2, 0) is 9.59 Å². The van der Waals surface area contributed by atoms with E-state index in [2.05, 4.69) is 0 Å². The zero-order valence-electron chi connectivity index (χ0n) is 6.84. The van der Waals surface area contributed by atoms with Crippen LogP contribution in [0.2, 0.25) is 0 Å². The van der Waals surface area contributed by atoms with Crippen LogP contribution in [-0.4, -0.2) is 36.6 Å². The summed E-state index contributed by atoms with van der Waals surface area (Å²) >= 11 is 0. The first-order chi connectivity index (χ1) is 4.46. The van der Waals surface area contributed by atoms with Crippen molar-refractivity contribution in [2.45, 2.75) is 19.9 Å². The Hall–Kier alpha value is -0.700. The third kappa shape index (κ3) is 2.27. The minimum atomic E-state index is -0.556. The van der Waals surface area contributed by atoms with E-state index in [1.54, 1.807) is 19.0 Å². The van der Waals surface area contributed by atoms with Crippen molar-refractivity contribution in [3.8, 4) is 0 Å². The number of carbonyl (C=O) groups is 2. The molecule has 10 heavy (non-hydrogen) atoms. The maximum Gasteiger partial charge on any atom is 0.154 e. The molecule has 0 fully saturated rings. The minimum Gasteiger partial charge on any atom is -0.298 e. The van der Waals surface area contributed by atoms with Crippen molar-refractivity contribution in [3.63, 3.8) is 0 Å². The van der Waals surface area contributed by atoms with Crippen LogP contribution in [0.25, 0.3) is 0 Å². The Kier molecular flexibility index (Phi) is 3.22. The molecular weight excluding hydrogens is 130 g/mol. The molecule has 0 atom stereocenters. The molecule has 0 aliphatic rings. The molecule has 0 aromatic carbocycles. The molecular formula is C7H13NO2. The van der Waals surface area contributed by atoms with Crippen molar-refractivity contribution < 1.29 is 9.59 Å². The molecule has 58 valence electrons. The second-order valence-corrected chi connectivity index (χ2v) is 2.59. The van der Waals surface area contributed by atoms with Crippen LogP contribution in [0.3, 0.4) is 0 Å². The van der Waals surface area contributed by atoms with Gasteiger partial charge in [0.2, 0.25) is 0 Å². The first-order valence-electron chi connectivity index (χ1n) is 3.14. The Balaban J connectivity index is 4.27. The van der Waals surface area contributed by atoms with E-state index in [0.29, 0.717) is 0 Å². The summed E-state index contributed by atoms with van der Waals surface area (Å²) in [4.78, 5) is 23.1. The second-order valence-electron chi connectivity index (χ2n) is 2.59. The molecule has 0 saturated heterocycles. The molecule has 3 nitrogen and oxygen atoms in total. The number of Topliss-reactive ketones (excluding diaryl/α,β-unsaturated/α-hetero) is 2. The van der Waals surface area contributed by atoms with E-state index in [4.69, 9.17) is 0 Å². The summed E-state index contributed by atoms with van der Waals surface area (Å²) in [6.07, 6.45) is 0. The van der Waals surface area contributed by atoms with Crippen molar-refractivity contribution in [3.05, 3.63) is 0 Å². The summed E-state index contributed by atoms with van der Waals surface area (Å²) in [5.74, 6) is -0.199. The third-order valence-electron chi connectivity index (χ3n) is 1.29. The average molecular weight is 143 g/mol. The Morgan fingerprint density at radius 2 is 1.40 bits per heavy atom. The number of rotatable bonds is 3. The second kappa shape index (κ2) is 3.46. The number of ketones is 2. The fraction of sp³-hybridized carbons (Fsp3) is 0.714. The van der Waals surface area contributed by atoms with Crippen LogP contribution >= 0.6 is 0 Å². The van der Waals surface area contributed by atoms with E-state index >= 15 is 0 Å². The number of hydrogen-bond acceptors (Lipinski definition) is 3. The predicted molar refractivity (Wildman–Crippen MR) is 38.8 cm³/mol. The highest BCUT2D eigenvalue weighted by molar-refractivity contribution is 6.04. The fourth-order valence-corrected chi connectivity index (χ4v) is 1.01. The molecule has 0 aromatic heterocycles. The van der Waals surface area contributed by atoms with E-state index in [9.17, 15) is 9.59 Å². The average Bonchev–Trinajstić information content (AvgIpc) is 1.59. The molecule has 0 spiro atoms. The minimum absolute atomic E-state index is 0.0995. The van der Waals surface area contributed by atoms with Gasteiger partial charge in [-0.05, 0) is 27.9 Å². The van der Waals surface area contributed by atoms with Gasteiger partial charge >= 0.3 is 0 Å². The van der Waals surface area contributed by atoms with Crippen molar-refractivity contribution in [2.75, 3.05) is 14.1 Å². The third-order valence-corrected chi connectivity index (χ3v) is 1.29. The lowest BCUT2D eigenvalue weighted by Gasteiger charge is -2.17. The van der Waals surface area contributed by atoms with E-state index in [1.165, 1.54) is 13.8 Å². The number of nitrogens with zero attached hydrogens (tertiary/aromatic N) is 1. The van der Waals surface area contributed by atoms with E-state index < -0.39 is 6.04 Å². The molecule has 0 radical (unpaired) electrons. The van der Waals surface area contributed by atoms with Crippen molar-refractivity contribution in [2.24, 2.45) is 0 Å². The van der Waals surface area contributed by atoms with Gasteiger partial charge in [0.05, 0.1) is 0 Å². The highest BCUT2D eigenvalue weighted by Crippen LogP contribution is 1.95. The van der Waals surface area contributed by atoms with Crippen molar-refractivity contribution >= 4 is 11.6 Å².